The maximum absolute atomic E-state index is 2.99. The molecule has 1 heterocycles. The average molecular weight is 417 g/mol. The molecule has 1 aliphatic carbocycles. The SMILES string of the molecule is Cl.Cl.[C-]1=CC=CC1.[CH3-].[CH3-].[CH3-].[CH3-].[CH3-].[CH3-].[CH3-].[CH3-].[CH3-].[SiH2]=[Ti].[c-]1ccc[nH]1. The van der Waals surface area contributed by atoms with E-state index in [-0.39, 0.29) is 91.7 Å². The van der Waals surface area contributed by atoms with Gasteiger partial charge in [0.05, 0.1) is 0 Å². The standard InChI is InChI=1S/C5H5.C4H4N.9CH3.2ClH.H2Si.Ti/c2*1-2-4-5-3-1;;;;;;;;;;;;;/h1-3H,4H2;1-3,5H;9*1H3;2*1H;1H2;/q11*-1;;;;. The van der Waals surface area contributed by atoms with Crippen LogP contribution in [0.1, 0.15) is 6.42 Å². The largest absolute Gasteiger partial charge is 0.484 e. The van der Waals surface area contributed by atoms with Crippen LogP contribution in [-0.2, 0) is 19.2 Å². The number of hydrogen-bond donors (Lipinski definition) is 1. The minimum atomic E-state index is 0. The monoisotopic (exact) mass is 416 g/mol. The van der Waals surface area contributed by atoms with Crippen LogP contribution in [0, 0.1) is 79.1 Å². The van der Waals surface area contributed by atoms with E-state index in [9.17, 15) is 0 Å². The van der Waals surface area contributed by atoms with E-state index in [1.165, 1.54) is 0 Å². The van der Waals surface area contributed by atoms with Crippen LogP contribution in [0.25, 0.3) is 0 Å². The number of halogens is 2. The summed E-state index contributed by atoms with van der Waals surface area (Å²) < 4.78 is 0. The Morgan fingerprint density at radius 1 is 0.826 bits per heavy atom. The zero-order valence-electron chi connectivity index (χ0n) is 16.7. The Hall–Kier alpha value is 0.271. The Kier molecular flexibility index (Phi) is 377. The molecule has 0 aromatic carbocycles. The first kappa shape index (κ1) is 90.9. The van der Waals surface area contributed by atoms with Crippen LogP contribution in [0.2, 0.25) is 0 Å². The van der Waals surface area contributed by atoms with Crippen molar-refractivity contribution in [3.8, 4) is 0 Å². The van der Waals surface area contributed by atoms with Crippen molar-refractivity contribution < 1.29 is 19.2 Å². The quantitative estimate of drug-likeness (QED) is 0.388. The van der Waals surface area contributed by atoms with Gasteiger partial charge in [0.2, 0.25) is 0 Å². The van der Waals surface area contributed by atoms with Crippen molar-refractivity contribution in [3.05, 3.63) is 116 Å². The van der Waals surface area contributed by atoms with Crippen LogP contribution in [0.4, 0.5) is 0 Å². The minimum Gasteiger partial charge on any atom is -0.484 e. The fraction of sp³-hybridized carbons (Fsp3) is 0.0556. The number of nitrogens with one attached hydrogen (secondary N) is 1. The fourth-order valence-electron chi connectivity index (χ4n) is 0.581. The molecule has 5 heteroatoms. The van der Waals surface area contributed by atoms with Crippen molar-refractivity contribution in [2.45, 2.75) is 6.42 Å². The van der Waals surface area contributed by atoms with E-state index in [1.54, 1.807) is 0 Å². The van der Waals surface area contributed by atoms with Crippen LogP contribution in [-0.4, -0.2) is 12.6 Å². The summed E-state index contributed by atoms with van der Waals surface area (Å²) in [7, 11) is 1.86. The van der Waals surface area contributed by atoms with Crippen molar-refractivity contribution in [1.82, 2.24) is 4.98 Å². The van der Waals surface area contributed by atoms with E-state index in [4.69, 9.17) is 0 Å². The molecule has 1 aliphatic rings. The molecule has 1 aromatic heterocycles. The van der Waals surface area contributed by atoms with Gasteiger partial charge in [0.15, 0.2) is 0 Å². The minimum absolute atomic E-state index is 0. The Morgan fingerprint density at radius 2 is 1.26 bits per heavy atom. The summed E-state index contributed by atoms with van der Waals surface area (Å²) in [6.07, 6.45) is 14.6. The third-order valence-corrected chi connectivity index (χ3v) is 1.03. The number of H-pyrrole nitrogens is 1. The molecule has 0 radical (unpaired) electrons. The summed E-state index contributed by atoms with van der Waals surface area (Å²) in [5.74, 6) is 0. The predicted molar refractivity (Wildman–Crippen MR) is 122 cm³/mol. The van der Waals surface area contributed by atoms with Gasteiger partial charge in [0.1, 0.15) is 0 Å². The van der Waals surface area contributed by atoms with Gasteiger partial charge in [-0.3, -0.25) is 6.08 Å². The van der Waals surface area contributed by atoms with E-state index < -0.39 is 0 Å². The van der Waals surface area contributed by atoms with Gasteiger partial charge in [-0.15, -0.1) is 37.4 Å². The second-order valence-corrected chi connectivity index (χ2v) is 1.82. The second-order valence-electron chi connectivity index (χ2n) is 1.82. The van der Waals surface area contributed by atoms with Crippen molar-refractivity contribution in [3.63, 3.8) is 0 Å². The van der Waals surface area contributed by atoms with Gasteiger partial charge < -0.3 is 71.8 Å². The molecule has 0 amide bonds. The number of hydrogen-bond acceptors (Lipinski definition) is 0. The van der Waals surface area contributed by atoms with Gasteiger partial charge in [0, 0.05) is 0 Å². The van der Waals surface area contributed by atoms with Crippen LogP contribution >= 0.6 is 24.8 Å². The molecule has 1 N–H and O–H groups in total. The zero-order chi connectivity index (χ0) is 9.07. The van der Waals surface area contributed by atoms with E-state index in [1.807, 2.05) is 57.3 Å². The van der Waals surface area contributed by atoms with Crippen molar-refractivity contribution in [2.75, 3.05) is 0 Å². The summed E-state index contributed by atoms with van der Waals surface area (Å²) >= 11 is 2.03. The van der Waals surface area contributed by atoms with Crippen LogP contribution in [0.5, 0.6) is 0 Å². The summed E-state index contributed by atoms with van der Waals surface area (Å²) in [4.78, 5) is 2.74. The Morgan fingerprint density at radius 3 is 1.35 bits per heavy atom. The van der Waals surface area contributed by atoms with Crippen LogP contribution in [0.3, 0.4) is 0 Å². The maximum atomic E-state index is 2.99. The van der Waals surface area contributed by atoms with Gasteiger partial charge >= 0.3 is 26.8 Å². The molecule has 0 aliphatic heterocycles. The number of aromatic amines is 1. The van der Waals surface area contributed by atoms with Gasteiger partial charge in [-0.2, -0.15) is 24.4 Å². The summed E-state index contributed by atoms with van der Waals surface area (Å²) in [5, 5.41) is 0. The van der Waals surface area contributed by atoms with Gasteiger partial charge in [0.25, 0.3) is 0 Å². The fourth-order valence-corrected chi connectivity index (χ4v) is 0.581. The van der Waals surface area contributed by atoms with E-state index in [0.29, 0.717) is 0 Å². The Labute approximate surface area is 178 Å². The Bertz CT molecular complexity index is 202. The smallest absolute Gasteiger partial charge is 0.108 e. The number of rotatable bonds is 0. The first-order valence-corrected chi connectivity index (χ1v) is 7.58. The topological polar surface area (TPSA) is 15.8 Å². The summed E-state index contributed by atoms with van der Waals surface area (Å²) in [5.41, 5.74) is 0. The molecular formula is C18H40Cl2NSiTi-11. The van der Waals surface area contributed by atoms with Crippen LogP contribution < -0.4 is 0 Å². The summed E-state index contributed by atoms with van der Waals surface area (Å²) in [6.45, 7) is 0. The van der Waals surface area contributed by atoms with Gasteiger partial charge in [-0.25, -0.2) is 12.2 Å². The maximum Gasteiger partial charge on any atom is -0.108 e. The van der Waals surface area contributed by atoms with Crippen molar-refractivity contribution >= 4 is 32.4 Å². The van der Waals surface area contributed by atoms with Crippen molar-refractivity contribution in [1.29, 1.82) is 0 Å². The Balaban J connectivity index is -0.00000000663. The van der Waals surface area contributed by atoms with E-state index in [0.717, 1.165) is 6.42 Å². The first-order chi connectivity index (χ1) is 6.00. The molecule has 0 atom stereocenters. The third-order valence-electron chi connectivity index (χ3n) is 1.03. The number of allylic oxidation sites excluding steroid dienone is 4. The van der Waals surface area contributed by atoms with Crippen molar-refractivity contribution in [2.24, 2.45) is 0 Å². The molecule has 0 saturated heterocycles. The third kappa shape index (κ3) is 86.7. The molecule has 1 aromatic rings. The number of aromatic nitrogens is 1. The van der Waals surface area contributed by atoms with Crippen LogP contribution in [0.15, 0.2) is 36.6 Å². The predicted octanol–water partition coefficient (Wildman–Crippen LogP) is 6.10. The molecule has 0 unspecified atom stereocenters. The normalized spacial score (nSPS) is 5.70. The van der Waals surface area contributed by atoms with E-state index >= 15 is 0 Å². The molecular weight excluding hydrogens is 377 g/mol. The first-order valence-electron chi connectivity index (χ1n) is 3.56. The molecule has 1 nitrogen and oxygen atoms in total. The second kappa shape index (κ2) is 95.5. The van der Waals surface area contributed by atoms with Gasteiger partial charge in [-0.05, 0) is 0 Å². The molecule has 0 bridgehead atoms. The molecule has 0 spiro atoms. The molecule has 150 valence electrons. The molecule has 2 rings (SSSR count). The van der Waals surface area contributed by atoms with Gasteiger partial charge in [-0.1, -0.05) is 0 Å². The molecule has 23 heavy (non-hydrogen) atoms. The molecule has 0 fully saturated rings. The molecule has 0 saturated carbocycles. The van der Waals surface area contributed by atoms with E-state index in [2.05, 4.69) is 23.3 Å². The average Bonchev–Trinajstić information content (AvgIpc) is 2.87. The zero-order valence-corrected chi connectivity index (χ0v) is 21.3. The summed E-state index contributed by atoms with van der Waals surface area (Å²) in [6, 6.07) is 3.71.